The molecular formula is C18H17N5O3. The van der Waals surface area contributed by atoms with Gasteiger partial charge in [-0.25, -0.2) is 4.79 Å². The van der Waals surface area contributed by atoms with Gasteiger partial charge in [0.25, 0.3) is 5.91 Å². The number of aromatic nitrogens is 3. The van der Waals surface area contributed by atoms with E-state index in [9.17, 15) is 9.59 Å². The average Bonchev–Trinajstić information content (AvgIpc) is 3.32. The van der Waals surface area contributed by atoms with Crippen molar-refractivity contribution in [2.75, 3.05) is 0 Å². The maximum absolute atomic E-state index is 12.9. The van der Waals surface area contributed by atoms with Gasteiger partial charge < -0.3 is 9.84 Å². The molecular weight excluding hydrogens is 334 g/mol. The van der Waals surface area contributed by atoms with Crippen LogP contribution in [0, 0.1) is 0 Å². The molecule has 0 aliphatic carbocycles. The summed E-state index contributed by atoms with van der Waals surface area (Å²) in [5.41, 5.74) is 1.04. The molecule has 8 nitrogen and oxygen atoms in total. The highest BCUT2D eigenvalue weighted by molar-refractivity contribution is 6.07. The molecule has 1 N–H and O–H groups in total. The summed E-state index contributed by atoms with van der Waals surface area (Å²) in [7, 11) is 1.81. The number of urea groups is 1. The maximum atomic E-state index is 12.9. The van der Waals surface area contributed by atoms with Crippen LogP contribution >= 0.6 is 0 Å². The molecule has 1 aromatic carbocycles. The van der Waals surface area contributed by atoms with Crippen molar-refractivity contribution in [3.05, 3.63) is 60.1 Å². The Balaban J connectivity index is 1.57. The third-order valence-electron chi connectivity index (χ3n) is 4.50. The highest BCUT2D eigenvalue weighted by atomic mass is 16.5. The number of nitrogens with zero attached hydrogens (tertiary/aromatic N) is 4. The predicted molar refractivity (Wildman–Crippen MR) is 91.6 cm³/mol. The summed E-state index contributed by atoms with van der Waals surface area (Å²) in [5, 5.41) is 10.8. The van der Waals surface area contributed by atoms with E-state index in [1.54, 1.807) is 23.9 Å². The molecule has 3 heterocycles. The molecule has 132 valence electrons. The average molecular weight is 351 g/mol. The SMILES string of the molecule is Cn1cc(-c2cc(CN3C(=O)NC(C)(c4ccccc4)C3=O)on2)cn1. The van der Waals surface area contributed by atoms with Crippen molar-refractivity contribution in [2.45, 2.75) is 19.0 Å². The smallest absolute Gasteiger partial charge is 0.325 e. The lowest BCUT2D eigenvalue weighted by Gasteiger charge is -2.21. The van der Waals surface area contributed by atoms with Gasteiger partial charge in [0.15, 0.2) is 5.76 Å². The molecule has 0 spiro atoms. The topological polar surface area (TPSA) is 93.3 Å². The Morgan fingerprint density at radius 1 is 1.23 bits per heavy atom. The number of rotatable bonds is 4. The lowest BCUT2D eigenvalue weighted by Crippen LogP contribution is -2.40. The zero-order chi connectivity index (χ0) is 18.3. The first-order valence-corrected chi connectivity index (χ1v) is 8.11. The summed E-state index contributed by atoms with van der Waals surface area (Å²) in [6.07, 6.45) is 3.48. The van der Waals surface area contributed by atoms with Crippen molar-refractivity contribution in [3.8, 4) is 11.3 Å². The van der Waals surface area contributed by atoms with Crippen molar-refractivity contribution in [2.24, 2.45) is 7.05 Å². The molecule has 1 aliphatic heterocycles. The van der Waals surface area contributed by atoms with Crippen molar-refractivity contribution in [3.63, 3.8) is 0 Å². The maximum Gasteiger partial charge on any atom is 0.325 e. The van der Waals surface area contributed by atoms with E-state index < -0.39 is 11.6 Å². The van der Waals surface area contributed by atoms with Gasteiger partial charge >= 0.3 is 6.03 Å². The first-order valence-electron chi connectivity index (χ1n) is 8.11. The second kappa shape index (κ2) is 5.83. The number of benzene rings is 1. The second-order valence-corrected chi connectivity index (χ2v) is 6.39. The Bertz CT molecular complexity index is 978. The first kappa shape index (κ1) is 16.1. The van der Waals surface area contributed by atoms with Crippen LogP contribution in [0.2, 0.25) is 0 Å². The van der Waals surface area contributed by atoms with Gasteiger partial charge in [-0.15, -0.1) is 0 Å². The minimum Gasteiger partial charge on any atom is -0.359 e. The van der Waals surface area contributed by atoms with Gasteiger partial charge in [-0.3, -0.25) is 14.4 Å². The molecule has 1 fully saturated rings. The Morgan fingerprint density at radius 3 is 2.69 bits per heavy atom. The van der Waals surface area contributed by atoms with Gasteiger partial charge in [0.1, 0.15) is 11.2 Å². The third kappa shape index (κ3) is 2.55. The zero-order valence-corrected chi connectivity index (χ0v) is 14.3. The van der Waals surface area contributed by atoms with Crippen LogP contribution in [0.1, 0.15) is 18.2 Å². The number of aryl methyl sites for hydroxylation is 1. The predicted octanol–water partition coefficient (Wildman–Crippen LogP) is 2.04. The van der Waals surface area contributed by atoms with E-state index in [2.05, 4.69) is 15.6 Å². The summed E-state index contributed by atoms with van der Waals surface area (Å²) in [6.45, 7) is 1.71. The normalized spacial score (nSPS) is 19.8. The van der Waals surface area contributed by atoms with Crippen LogP contribution in [0.15, 0.2) is 53.3 Å². The van der Waals surface area contributed by atoms with E-state index in [1.165, 1.54) is 0 Å². The number of hydrogen-bond donors (Lipinski definition) is 1. The van der Waals surface area contributed by atoms with Gasteiger partial charge in [0, 0.05) is 24.9 Å². The molecule has 3 amide bonds. The second-order valence-electron chi connectivity index (χ2n) is 6.39. The molecule has 1 saturated heterocycles. The fourth-order valence-corrected chi connectivity index (χ4v) is 3.04. The van der Waals surface area contributed by atoms with Gasteiger partial charge in [0.2, 0.25) is 0 Å². The largest absolute Gasteiger partial charge is 0.359 e. The van der Waals surface area contributed by atoms with Gasteiger partial charge in [-0.2, -0.15) is 5.10 Å². The lowest BCUT2D eigenvalue weighted by atomic mass is 9.92. The minimum absolute atomic E-state index is 0.0142. The first-order chi connectivity index (χ1) is 12.5. The Morgan fingerprint density at radius 2 is 2.00 bits per heavy atom. The van der Waals surface area contributed by atoms with Crippen molar-refractivity contribution < 1.29 is 14.1 Å². The van der Waals surface area contributed by atoms with Crippen LogP contribution in [-0.2, 0) is 23.9 Å². The molecule has 1 aliphatic rings. The molecule has 0 radical (unpaired) electrons. The number of carbonyl (C=O) groups excluding carboxylic acids is 2. The summed E-state index contributed by atoms with van der Waals surface area (Å²) < 4.78 is 6.96. The van der Waals surface area contributed by atoms with Crippen molar-refractivity contribution >= 4 is 11.9 Å². The van der Waals surface area contributed by atoms with Crippen molar-refractivity contribution in [1.29, 1.82) is 0 Å². The van der Waals surface area contributed by atoms with E-state index in [1.807, 2.05) is 43.6 Å². The fraction of sp³-hybridized carbons (Fsp3) is 0.222. The summed E-state index contributed by atoms with van der Waals surface area (Å²) in [4.78, 5) is 26.4. The van der Waals surface area contributed by atoms with Crippen LogP contribution in [-0.4, -0.2) is 31.8 Å². The van der Waals surface area contributed by atoms with E-state index in [0.717, 1.165) is 16.0 Å². The van der Waals surface area contributed by atoms with Crippen molar-refractivity contribution in [1.82, 2.24) is 25.2 Å². The number of nitrogens with one attached hydrogen (secondary N) is 1. The molecule has 26 heavy (non-hydrogen) atoms. The van der Waals surface area contributed by atoms with Crippen LogP contribution in [0.4, 0.5) is 4.79 Å². The van der Waals surface area contributed by atoms with Crippen LogP contribution in [0.3, 0.4) is 0 Å². The molecule has 4 rings (SSSR count). The molecule has 1 unspecified atom stereocenters. The van der Waals surface area contributed by atoms with E-state index in [-0.39, 0.29) is 12.5 Å². The number of amides is 3. The fourth-order valence-electron chi connectivity index (χ4n) is 3.04. The van der Waals surface area contributed by atoms with E-state index in [4.69, 9.17) is 4.52 Å². The van der Waals surface area contributed by atoms with Crippen LogP contribution in [0.25, 0.3) is 11.3 Å². The number of carbonyl (C=O) groups is 2. The molecule has 0 saturated carbocycles. The van der Waals surface area contributed by atoms with Crippen LogP contribution < -0.4 is 5.32 Å². The summed E-state index contributed by atoms with van der Waals surface area (Å²) in [6, 6.07) is 10.4. The van der Waals surface area contributed by atoms with Gasteiger partial charge in [0.05, 0.1) is 12.7 Å². The van der Waals surface area contributed by atoms with Crippen LogP contribution in [0.5, 0.6) is 0 Å². The quantitative estimate of drug-likeness (QED) is 0.726. The van der Waals surface area contributed by atoms with E-state index >= 15 is 0 Å². The minimum atomic E-state index is -1.09. The number of hydrogen-bond acceptors (Lipinski definition) is 5. The Hall–Kier alpha value is -3.42. The highest BCUT2D eigenvalue weighted by Crippen LogP contribution is 2.30. The van der Waals surface area contributed by atoms with E-state index in [0.29, 0.717) is 11.5 Å². The summed E-state index contributed by atoms with van der Waals surface area (Å²) >= 11 is 0. The molecule has 0 bridgehead atoms. The number of imide groups is 1. The van der Waals surface area contributed by atoms with Gasteiger partial charge in [-0.05, 0) is 12.5 Å². The standard InChI is InChI=1S/C18H17N5O3/c1-18(13-6-4-3-5-7-13)16(24)23(17(25)20-18)11-14-8-15(21-26-14)12-9-19-22(2)10-12/h3-10H,11H2,1-2H3,(H,20,25). The highest BCUT2D eigenvalue weighted by Gasteiger charge is 2.49. The Kier molecular flexibility index (Phi) is 3.61. The zero-order valence-electron chi connectivity index (χ0n) is 14.3. The Labute approximate surface area is 149 Å². The lowest BCUT2D eigenvalue weighted by molar-refractivity contribution is -0.131. The third-order valence-corrected chi connectivity index (χ3v) is 4.50. The molecule has 1 atom stereocenters. The summed E-state index contributed by atoms with van der Waals surface area (Å²) in [5.74, 6) is 0.0951. The van der Waals surface area contributed by atoms with Gasteiger partial charge in [-0.1, -0.05) is 35.5 Å². The molecule has 8 heteroatoms. The molecule has 3 aromatic rings. The monoisotopic (exact) mass is 351 g/mol. The molecule has 2 aromatic heterocycles.